The third-order valence-electron chi connectivity index (χ3n) is 2.87. The molecule has 2 rings (SSSR count). The van der Waals surface area contributed by atoms with Crippen LogP contribution in [-0.2, 0) is 23.0 Å². The molecule has 0 radical (unpaired) electrons. The third-order valence-corrected chi connectivity index (χ3v) is 2.87. The summed E-state index contributed by atoms with van der Waals surface area (Å²) in [6, 6.07) is 7.04. The van der Waals surface area contributed by atoms with Crippen molar-refractivity contribution in [2.75, 3.05) is 18.9 Å². The van der Waals surface area contributed by atoms with Crippen LogP contribution in [0.3, 0.4) is 0 Å². The molecule has 0 atom stereocenters. The monoisotopic (exact) mass is 289 g/mol. The van der Waals surface area contributed by atoms with Crippen LogP contribution in [0.5, 0.6) is 5.75 Å². The van der Waals surface area contributed by atoms with Gasteiger partial charge < -0.3 is 15.2 Å². The van der Waals surface area contributed by atoms with E-state index in [1.165, 1.54) is 0 Å². The number of nitrogens with zero attached hydrogens (tertiary/aromatic N) is 2. The molecule has 112 valence electrons. The van der Waals surface area contributed by atoms with Gasteiger partial charge in [-0.2, -0.15) is 5.10 Å². The number of esters is 1. The molecule has 0 aliphatic rings. The lowest BCUT2D eigenvalue weighted by Gasteiger charge is -2.06. The molecule has 0 unspecified atom stereocenters. The first-order valence-electron chi connectivity index (χ1n) is 6.75. The van der Waals surface area contributed by atoms with Gasteiger partial charge in [-0.15, -0.1) is 0 Å². The molecule has 2 N–H and O–H groups in total. The Morgan fingerprint density at radius 1 is 1.29 bits per heavy atom. The first-order valence-corrected chi connectivity index (χ1v) is 6.75. The normalized spacial score (nSPS) is 10.3. The van der Waals surface area contributed by atoms with E-state index in [-0.39, 0.29) is 19.0 Å². The summed E-state index contributed by atoms with van der Waals surface area (Å²) < 4.78 is 12.3. The molecule has 6 nitrogen and oxygen atoms in total. The molecule has 1 heterocycles. The SMILES string of the molecule is Cn1cc(CCOC(=O)CCOc2ccc(N)cc2)cn1. The average molecular weight is 289 g/mol. The second kappa shape index (κ2) is 7.33. The maximum absolute atomic E-state index is 11.5. The van der Waals surface area contributed by atoms with E-state index in [0.717, 1.165) is 5.56 Å². The number of anilines is 1. The van der Waals surface area contributed by atoms with E-state index in [4.69, 9.17) is 15.2 Å². The van der Waals surface area contributed by atoms with Crippen molar-refractivity contribution < 1.29 is 14.3 Å². The number of hydrogen-bond donors (Lipinski definition) is 1. The molecule has 0 fully saturated rings. The van der Waals surface area contributed by atoms with E-state index >= 15 is 0 Å². The lowest BCUT2D eigenvalue weighted by molar-refractivity contribution is -0.144. The first kappa shape index (κ1) is 14.9. The van der Waals surface area contributed by atoms with Crippen LogP contribution >= 0.6 is 0 Å². The Bertz CT molecular complexity index is 578. The number of carbonyl (C=O) groups excluding carboxylic acids is 1. The summed E-state index contributed by atoms with van der Waals surface area (Å²) in [5.41, 5.74) is 7.30. The minimum absolute atomic E-state index is 0.220. The van der Waals surface area contributed by atoms with E-state index in [0.29, 0.717) is 24.5 Å². The summed E-state index contributed by atoms with van der Waals surface area (Å²) >= 11 is 0. The molecule has 1 aromatic carbocycles. The maximum Gasteiger partial charge on any atom is 0.309 e. The molecule has 1 aromatic heterocycles. The zero-order valence-electron chi connectivity index (χ0n) is 12.0. The van der Waals surface area contributed by atoms with Gasteiger partial charge in [0.2, 0.25) is 0 Å². The Balaban J connectivity index is 1.60. The summed E-state index contributed by atoms with van der Waals surface area (Å²) in [4.78, 5) is 11.5. The second-order valence-electron chi connectivity index (χ2n) is 4.66. The predicted octanol–water partition coefficient (Wildman–Crippen LogP) is 1.56. The summed E-state index contributed by atoms with van der Waals surface area (Å²) in [6.45, 7) is 0.641. The van der Waals surface area contributed by atoms with Crippen LogP contribution in [-0.4, -0.2) is 29.0 Å². The Kier molecular flexibility index (Phi) is 5.20. The van der Waals surface area contributed by atoms with Crippen molar-refractivity contribution in [2.24, 2.45) is 7.05 Å². The number of aryl methyl sites for hydroxylation is 1. The number of ether oxygens (including phenoxy) is 2. The van der Waals surface area contributed by atoms with Gasteiger partial charge in [0.05, 0.1) is 25.8 Å². The van der Waals surface area contributed by atoms with Crippen LogP contribution in [0.1, 0.15) is 12.0 Å². The van der Waals surface area contributed by atoms with Crippen LogP contribution in [0.15, 0.2) is 36.7 Å². The number of nitrogen functional groups attached to an aromatic ring is 1. The zero-order chi connectivity index (χ0) is 15.1. The molecule has 0 bridgehead atoms. The van der Waals surface area contributed by atoms with Crippen molar-refractivity contribution in [3.63, 3.8) is 0 Å². The predicted molar refractivity (Wildman–Crippen MR) is 78.8 cm³/mol. The summed E-state index contributed by atoms with van der Waals surface area (Å²) in [7, 11) is 1.85. The van der Waals surface area contributed by atoms with Crippen LogP contribution in [0.2, 0.25) is 0 Å². The van der Waals surface area contributed by atoms with Crippen molar-refractivity contribution in [1.29, 1.82) is 0 Å². The molecular weight excluding hydrogens is 270 g/mol. The lowest BCUT2D eigenvalue weighted by Crippen LogP contribution is -2.11. The number of aromatic nitrogens is 2. The molecule has 0 aliphatic carbocycles. The average Bonchev–Trinajstić information content (AvgIpc) is 2.87. The highest BCUT2D eigenvalue weighted by molar-refractivity contribution is 5.69. The molecular formula is C15H19N3O3. The van der Waals surface area contributed by atoms with Crippen LogP contribution < -0.4 is 10.5 Å². The quantitative estimate of drug-likeness (QED) is 0.618. The highest BCUT2D eigenvalue weighted by atomic mass is 16.5. The van der Waals surface area contributed by atoms with Crippen molar-refractivity contribution in [1.82, 2.24) is 9.78 Å². The van der Waals surface area contributed by atoms with Gasteiger partial charge in [-0.3, -0.25) is 9.48 Å². The standard InChI is InChI=1S/C15H19N3O3/c1-18-11-12(10-17-18)6-8-21-15(19)7-9-20-14-4-2-13(16)3-5-14/h2-5,10-11H,6-9,16H2,1H3. The number of nitrogens with two attached hydrogens (primary N) is 1. The number of benzene rings is 1. The van der Waals surface area contributed by atoms with Crippen LogP contribution in [0, 0.1) is 0 Å². The Morgan fingerprint density at radius 3 is 2.71 bits per heavy atom. The number of hydrogen-bond acceptors (Lipinski definition) is 5. The van der Waals surface area contributed by atoms with Gasteiger partial charge in [-0.1, -0.05) is 0 Å². The van der Waals surface area contributed by atoms with Crippen molar-refractivity contribution in [2.45, 2.75) is 12.8 Å². The third kappa shape index (κ3) is 5.18. The van der Waals surface area contributed by atoms with E-state index in [2.05, 4.69) is 5.10 Å². The molecule has 6 heteroatoms. The fourth-order valence-corrected chi connectivity index (χ4v) is 1.77. The van der Waals surface area contributed by atoms with E-state index in [1.807, 2.05) is 13.2 Å². The molecule has 0 saturated carbocycles. The van der Waals surface area contributed by atoms with Crippen LogP contribution in [0.4, 0.5) is 5.69 Å². The van der Waals surface area contributed by atoms with E-state index < -0.39 is 0 Å². The Hall–Kier alpha value is -2.50. The van der Waals surface area contributed by atoms with Gasteiger partial charge in [0.15, 0.2) is 0 Å². The fourth-order valence-electron chi connectivity index (χ4n) is 1.77. The fraction of sp³-hybridized carbons (Fsp3) is 0.333. The van der Waals surface area contributed by atoms with Crippen LogP contribution in [0.25, 0.3) is 0 Å². The van der Waals surface area contributed by atoms with E-state index in [9.17, 15) is 4.79 Å². The van der Waals surface area contributed by atoms with Gasteiger partial charge in [-0.25, -0.2) is 0 Å². The highest BCUT2D eigenvalue weighted by Gasteiger charge is 2.04. The minimum Gasteiger partial charge on any atom is -0.493 e. The summed E-state index contributed by atoms with van der Waals surface area (Å²) in [6.07, 6.45) is 4.55. The number of carbonyl (C=O) groups is 1. The lowest BCUT2D eigenvalue weighted by atomic mass is 10.3. The summed E-state index contributed by atoms with van der Waals surface area (Å²) in [5, 5.41) is 4.05. The second-order valence-corrected chi connectivity index (χ2v) is 4.66. The first-order chi connectivity index (χ1) is 10.1. The highest BCUT2D eigenvalue weighted by Crippen LogP contribution is 2.13. The smallest absolute Gasteiger partial charge is 0.309 e. The van der Waals surface area contributed by atoms with Gasteiger partial charge >= 0.3 is 5.97 Å². The van der Waals surface area contributed by atoms with E-state index in [1.54, 1.807) is 35.1 Å². The largest absolute Gasteiger partial charge is 0.493 e. The number of rotatable bonds is 7. The molecule has 0 saturated heterocycles. The summed E-state index contributed by atoms with van der Waals surface area (Å²) in [5.74, 6) is 0.418. The maximum atomic E-state index is 11.5. The molecule has 0 spiro atoms. The molecule has 0 aliphatic heterocycles. The topological polar surface area (TPSA) is 79.4 Å². The van der Waals surface area contributed by atoms with Crippen molar-refractivity contribution in [3.05, 3.63) is 42.2 Å². The molecule has 2 aromatic rings. The van der Waals surface area contributed by atoms with Crippen molar-refractivity contribution >= 4 is 11.7 Å². The molecule has 0 amide bonds. The van der Waals surface area contributed by atoms with Crippen molar-refractivity contribution in [3.8, 4) is 5.75 Å². The zero-order valence-corrected chi connectivity index (χ0v) is 12.0. The Labute approximate surface area is 123 Å². The molecule has 21 heavy (non-hydrogen) atoms. The van der Waals surface area contributed by atoms with Gasteiger partial charge in [0, 0.05) is 25.4 Å². The minimum atomic E-state index is -0.269. The van der Waals surface area contributed by atoms with Gasteiger partial charge in [-0.05, 0) is 29.8 Å². The Morgan fingerprint density at radius 2 is 2.05 bits per heavy atom. The van der Waals surface area contributed by atoms with Gasteiger partial charge in [0.1, 0.15) is 5.75 Å². The van der Waals surface area contributed by atoms with Gasteiger partial charge in [0.25, 0.3) is 0 Å².